The Labute approximate surface area is 143 Å². The first-order valence-corrected chi connectivity index (χ1v) is 8.61. The number of aliphatic imine (C=N–C) groups is 1. The van der Waals surface area contributed by atoms with Crippen molar-refractivity contribution in [2.75, 3.05) is 20.6 Å². The van der Waals surface area contributed by atoms with Crippen molar-refractivity contribution in [1.82, 2.24) is 16.0 Å². The molecule has 1 unspecified atom stereocenters. The van der Waals surface area contributed by atoms with Crippen LogP contribution in [0.15, 0.2) is 29.3 Å². The Morgan fingerprint density at radius 3 is 2.79 bits per heavy atom. The third-order valence-electron chi connectivity index (χ3n) is 4.94. The van der Waals surface area contributed by atoms with E-state index in [1.54, 1.807) is 14.1 Å². The molecule has 24 heavy (non-hydrogen) atoms. The molecule has 0 aromatic heterocycles. The van der Waals surface area contributed by atoms with Crippen LogP contribution in [-0.2, 0) is 4.79 Å². The maximum Gasteiger partial charge on any atom is 0.239 e. The number of carbonyl (C=O) groups is 1. The number of ether oxygens (including phenoxy) is 1. The minimum Gasteiger partial charge on any atom is -0.487 e. The van der Waals surface area contributed by atoms with E-state index >= 15 is 0 Å². The van der Waals surface area contributed by atoms with E-state index in [2.05, 4.69) is 27.0 Å². The average molecular weight is 330 g/mol. The van der Waals surface area contributed by atoms with Gasteiger partial charge in [-0.15, -0.1) is 0 Å². The fourth-order valence-electron chi connectivity index (χ4n) is 3.68. The van der Waals surface area contributed by atoms with Crippen LogP contribution in [0.25, 0.3) is 0 Å². The van der Waals surface area contributed by atoms with Gasteiger partial charge in [0.15, 0.2) is 5.96 Å². The molecule has 1 atom stereocenters. The van der Waals surface area contributed by atoms with Crippen LogP contribution in [-0.4, -0.2) is 38.1 Å². The number of nitrogens with zero attached hydrogens (tertiary/aromatic N) is 1. The number of carbonyl (C=O) groups excluding carboxylic acids is 1. The van der Waals surface area contributed by atoms with Gasteiger partial charge in [-0.25, -0.2) is 0 Å². The van der Waals surface area contributed by atoms with Gasteiger partial charge in [-0.2, -0.15) is 0 Å². The Morgan fingerprint density at radius 1 is 1.33 bits per heavy atom. The normalized spacial score (nSPS) is 21.8. The van der Waals surface area contributed by atoms with Gasteiger partial charge in [0.1, 0.15) is 11.4 Å². The highest BCUT2D eigenvalue weighted by Crippen LogP contribution is 2.46. The predicted octanol–water partition coefficient (Wildman–Crippen LogP) is 1.73. The quantitative estimate of drug-likeness (QED) is 0.583. The number of hydrogen-bond donors (Lipinski definition) is 3. The molecule has 1 heterocycles. The maximum atomic E-state index is 11.5. The van der Waals surface area contributed by atoms with E-state index in [1.807, 2.05) is 18.2 Å². The summed E-state index contributed by atoms with van der Waals surface area (Å²) in [5, 5.41) is 9.13. The van der Waals surface area contributed by atoms with E-state index in [9.17, 15) is 4.79 Å². The number of guanidine groups is 1. The molecule has 1 aromatic carbocycles. The molecule has 0 bridgehead atoms. The fraction of sp³-hybridized carbons (Fsp3) is 0.556. The van der Waals surface area contributed by atoms with Crippen molar-refractivity contribution in [1.29, 1.82) is 0 Å². The third kappa shape index (κ3) is 3.47. The summed E-state index contributed by atoms with van der Waals surface area (Å²) in [7, 11) is 3.34. The predicted molar refractivity (Wildman–Crippen MR) is 94.2 cm³/mol. The number of nitrogens with one attached hydrogen (secondary N) is 3. The number of fused-ring (bicyclic) bond motifs is 1. The average Bonchev–Trinajstić information content (AvgIpc) is 3.05. The van der Waals surface area contributed by atoms with E-state index in [0.717, 1.165) is 30.6 Å². The molecule has 1 saturated carbocycles. The summed E-state index contributed by atoms with van der Waals surface area (Å²) in [5.41, 5.74) is 1.09. The van der Waals surface area contributed by atoms with Crippen molar-refractivity contribution < 1.29 is 9.53 Å². The van der Waals surface area contributed by atoms with Crippen molar-refractivity contribution in [2.24, 2.45) is 4.99 Å². The SMILES string of the molecule is CN=C(NCC(=O)NC)NC1CC2(CCCC2)Oc2ccccc21. The molecule has 1 aliphatic carbocycles. The zero-order chi connectivity index (χ0) is 17.0. The summed E-state index contributed by atoms with van der Waals surface area (Å²) in [6.45, 7) is 0.201. The molecule has 3 rings (SSSR count). The van der Waals surface area contributed by atoms with Crippen LogP contribution in [0.1, 0.15) is 43.7 Å². The second-order valence-electron chi connectivity index (χ2n) is 6.53. The summed E-state index contributed by atoms with van der Waals surface area (Å²) in [6.07, 6.45) is 5.56. The topological polar surface area (TPSA) is 74.8 Å². The smallest absolute Gasteiger partial charge is 0.239 e. The van der Waals surface area contributed by atoms with E-state index in [1.165, 1.54) is 12.8 Å². The van der Waals surface area contributed by atoms with Crippen molar-refractivity contribution in [3.63, 3.8) is 0 Å². The Bertz CT molecular complexity index is 623. The van der Waals surface area contributed by atoms with Gasteiger partial charge in [0.2, 0.25) is 5.91 Å². The van der Waals surface area contributed by atoms with Crippen molar-refractivity contribution >= 4 is 11.9 Å². The van der Waals surface area contributed by atoms with Crippen molar-refractivity contribution in [2.45, 2.75) is 43.7 Å². The number of likely N-dealkylation sites (N-methyl/N-ethyl adjacent to an activating group) is 1. The molecular weight excluding hydrogens is 304 g/mol. The van der Waals surface area contributed by atoms with Crippen LogP contribution < -0.4 is 20.7 Å². The second-order valence-corrected chi connectivity index (χ2v) is 6.53. The van der Waals surface area contributed by atoms with Crippen LogP contribution in [0.2, 0.25) is 0 Å². The molecule has 130 valence electrons. The van der Waals surface area contributed by atoms with Gasteiger partial charge < -0.3 is 20.7 Å². The van der Waals surface area contributed by atoms with Gasteiger partial charge in [0.25, 0.3) is 0 Å². The lowest BCUT2D eigenvalue weighted by atomic mass is 9.86. The van der Waals surface area contributed by atoms with Crippen molar-refractivity contribution in [3.8, 4) is 5.75 Å². The Morgan fingerprint density at radius 2 is 2.08 bits per heavy atom. The second kappa shape index (κ2) is 7.11. The highest BCUT2D eigenvalue weighted by atomic mass is 16.5. The number of rotatable bonds is 3. The lowest BCUT2D eigenvalue weighted by Gasteiger charge is -2.40. The molecule has 6 nitrogen and oxygen atoms in total. The van der Waals surface area contributed by atoms with E-state index in [4.69, 9.17) is 4.74 Å². The largest absolute Gasteiger partial charge is 0.487 e. The van der Waals surface area contributed by atoms with Gasteiger partial charge in [-0.3, -0.25) is 9.79 Å². The summed E-state index contributed by atoms with van der Waals surface area (Å²) >= 11 is 0. The minimum atomic E-state index is -0.0717. The number of para-hydroxylation sites is 1. The van der Waals surface area contributed by atoms with Crippen molar-refractivity contribution in [3.05, 3.63) is 29.8 Å². The van der Waals surface area contributed by atoms with Gasteiger partial charge in [0, 0.05) is 26.1 Å². The molecule has 0 saturated heterocycles. The van der Waals surface area contributed by atoms with Crippen LogP contribution in [0.4, 0.5) is 0 Å². The molecular formula is C18H26N4O2. The molecule has 2 aliphatic rings. The molecule has 1 amide bonds. The summed E-state index contributed by atoms with van der Waals surface area (Å²) < 4.78 is 6.38. The van der Waals surface area contributed by atoms with Crippen LogP contribution in [0.5, 0.6) is 5.75 Å². The van der Waals surface area contributed by atoms with Gasteiger partial charge in [-0.1, -0.05) is 18.2 Å². The first kappa shape index (κ1) is 16.6. The highest BCUT2D eigenvalue weighted by molar-refractivity contribution is 5.86. The van der Waals surface area contributed by atoms with Crippen LogP contribution >= 0.6 is 0 Å². The molecule has 6 heteroatoms. The summed E-state index contributed by atoms with van der Waals surface area (Å²) in [5.74, 6) is 1.52. The van der Waals surface area contributed by atoms with E-state index in [-0.39, 0.29) is 24.1 Å². The van der Waals surface area contributed by atoms with Gasteiger partial charge in [0.05, 0.1) is 12.6 Å². The summed E-state index contributed by atoms with van der Waals surface area (Å²) in [6, 6.07) is 8.32. The van der Waals surface area contributed by atoms with Crippen LogP contribution in [0.3, 0.4) is 0 Å². The summed E-state index contributed by atoms with van der Waals surface area (Å²) in [4.78, 5) is 15.7. The standard InChI is InChI=1S/C18H26N4O2/c1-19-16(23)12-21-17(20-2)22-14-11-18(9-5-6-10-18)24-15-8-4-3-7-13(14)15/h3-4,7-8,14H,5-6,9-12H2,1-2H3,(H,19,23)(H2,20,21,22). The molecule has 1 aliphatic heterocycles. The minimum absolute atomic E-state index is 0.0638. The molecule has 1 fully saturated rings. The number of hydrogen-bond acceptors (Lipinski definition) is 3. The van der Waals surface area contributed by atoms with Gasteiger partial charge in [-0.05, 0) is 31.7 Å². The van der Waals surface area contributed by atoms with Crippen LogP contribution in [0, 0.1) is 0 Å². The van der Waals surface area contributed by atoms with Gasteiger partial charge >= 0.3 is 0 Å². The zero-order valence-electron chi connectivity index (χ0n) is 14.4. The maximum absolute atomic E-state index is 11.5. The Balaban J connectivity index is 1.76. The number of benzene rings is 1. The monoisotopic (exact) mass is 330 g/mol. The lowest BCUT2D eigenvalue weighted by molar-refractivity contribution is -0.119. The molecule has 1 spiro atoms. The lowest BCUT2D eigenvalue weighted by Crippen LogP contribution is -2.48. The Kier molecular flexibility index (Phi) is 4.92. The molecule has 3 N–H and O–H groups in total. The molecule has 1 aromatic rings. The van der Waals surface area contributed by atoms with E-state index < -0.39 is 0 Å². The molecule has 0 radical (unpaired) electrons. The third-order valence-corrected chi connectivity index (χ3v) is 4.94. The van der Waals surface area contributed by atoms with E-state index in [0.29, 0.717) is 5.96 Å². The first-order valence-electron chi connectivity index (χ1n) is 8.61. The highest BCUT2D eigenvalue weighted by Gasteiger charge is 2.43. The Hall–Kier alpha value is -2.24. The number of amides is 1. The zero-order valence-corrected chi connectivity index (χ0v) is 14.4. The fourth-order valence-corrected chi connectivity index (χ4v) is 3.68. The first-order chi connectivity index (χ1) is 11.7.